The van der Waals surface area contributed by atoms with E-state index in [2.05, 4.69) is 85.3 Å². The molecule has 0 saturated heterocycles. The molecule has 0 aliphatic heterocycles. The monoisotopic (exact) mass is 482 g/mol. The van der Waals surface area contributed by atoms with E-state index in [4.69, 9.17) is 0 Å². The highest BCUT2D eigenvalue weighted by Crippen LogP contribution is 2.44. The summed E-state index contributed by atoms with van der Waals surface area (Å²) >= 11 is 7.56. The molecule has 3 aromatic carbocycles. The quantitative estimate of drug-likeness (QED) is 0.230. The number of rotatable bonds is 2. The van der Waals surface area contributed by atoms with Crippen molar-refractivity contribution in [1.82, 2.24) is 0 Å². The number of aryl methyl sites for hydroxylation is 2. The molecule has 154 valence electrons. The molecule has 4 heteroatoms. The van der Waals surface area contributed by atoms with Gasteiger partial charge in [0.15, 0.2) is 0 Å². The molecule has 7 rings (SSSR count). The van der Waals surface area contributed by atoms with Crippen molar-refractivity contribution in [3.8, 4) is 20.9 Å². The second-order valence-electron chi connectivity index (χ2n) is 8.35. The average molecular weight is 483 g/mol. The Morgan fingerprint density at radius 1 is 0.531 bits per heavy atom. The van der Waals surface area contributed by atoms with Crippen molar-refractivity contribution in [1.29, 1.82) is 0 Å². The largest absolute Gasteiger partial charge is 0.142 e. The Balaban J connectivity index is 1.38. The smallest absolute Gasteiger partial charge is 0.0527 e. The van der Waals surface area contributed by atoms with Crippen molar-refractivity contribution in [3.63, 3.8) is 0 Å². The van der Waals surface area contributed by atoms with E-state index in [1.54, 1.807) is 0 Å². The Bertz CT molecular complexity index is 1670. The Hall–Kier alpha value is -2.50. The standard InChI is InChI=1S/C28H18S4/c1-15-10-19-13-23(31-25(19)27-21(15)6-8-29-27)17-4-3-5-18(12-17)24-14-20-11-16(2)22-7-9-30-28(22)26(20)32-24/h3-14H,1-2H3. The van der Waals surface area contributed by atoms with Crippen LogP contribution in [0.3, 0.4) is 0 Å². The van der Waals surface area contributed by atoms with Crippen LogP contribution in [0.1, 0.15) is 11.1 Å². The molecule has 4 heterocycles. The summed E-state index contributed by atoms with van der Waals surface area (Å²) in [6.07, 6.45) is 0. The fourth-order valence-corrected chi connectivity index (χ4v) is 9.26. The zero-order valence-corrected chi connectivity index (χ0v) is 20.8. The summed E-state index contributed by atoms with van der Waals surface area (Å²) < 4.78 is 5.68. The summed E-state index contributed by atoms with van der Waals surface area (Å²) in [6.45, 7) is 4.44. The third-order valence-electron chi connectivity index (χ3n) is 6.29. The van der Waals surface area contributed by atoms with Gasteiger partial charge in [0.25, 0.3) is 0 Å². The number of hydrogen-bond acceptors (Lipinski definition) is 4. The molecule has 0 aliphatic carbocycles. The van der Waals surface area contributed by atoms with Crippen LogP contribution in [0.2, 0.25) is 0 Å². The van der Waals surface area contributed by atoms with E-state index >= 15 is 0 Å². The minimum absolute atomic E-state index is 1.31. The Kier molecular flexibility index (Phi) is 4.16. The molecule has 0 radical (unpaired) electrons. The molecule has 0 bridgehead atoms. The number of thiophene rings is 4. The van der Waals surface area contributed by atoms with Crippen LogP contribution in [-0.4, -0.2) is 0 Å². The highest BCUT2D eigenvalue weighted by molar-refractivity contribution is 7.29. The van der Waals surface area contributed by atoms with Crippen molar-refractivity contribution in [2.45, 2.75) is 13.8 Å². The van der Waals surface area contributed by atoms with Crippen LogP contribution in [-0.2, 0) is 0 Å². The molecule has 0 unspecified atom stereocenters. The van der Waals surface area contributed by atoms with Crippen LogP contribution in [0.5, 0.6) is 0 Å². The Labute approximate surface area is 202 Å². The molecular weight excluding hydrogens is 465 g/mol. The maximum absolute atomic E-state index is 2.37. The molecule has 0 saturated carbocycles. The molecule has 4 aromatic heterocycles. The van der Waals surface area contributed by atoms with Gasteiger partial charge in [-0.3, -0.25) is 0 Å². The third kappa shape index (κ3) is 2.77. The first-order valence-corrected chi connectivity index (χ1v) is 14.0. The van der Waals surface area contributed by atoms with Gasteiger partial charge in [-0.05, 0) is 111 Å². The lowest BCUT2D eigenvalue weighted by Crippen LogP contribution is -1.75. The predicted octanol–water partition coefficient (Wildman–Crippen LogP) is 10.5. The normalized spacial score (nSPS) is 12.1. The van der Waals surface area contributed by atoms with Crippen LogP contribution in [0.4, 0.5) is 0 Å². The first kappa shape index (κ1) is 19.0. The van der Waals surface area contributed by atoms with Crippen LogP contribution in [0, 0.1) is 13.8 Å². The SMILES string of the molecule is Cc1cc2cc(-c3cccc(-c4cc5cc(C)c6ccsc6c5s4)c3)sc2c2sccc12. The van der Waals surface area contributed by atoms with Gasteiger partial charge < -0.3 is 0 Å². The Morgan fingerprint density at radius 2 is 1.03 bits per heavy atom. The van der Waals surface area contributed by atoms with E-state index in [1.807, 2.05) is 45.3 Å². The minimum atomic E-state index is 1.31. The van der Waals surface area contributed by atoms with Gasteiger partial charge in [0.1, 0.15) is 0 Å². The predicted molar refractivity (Wildman–Crippen MR) is 148 cm³/mol. The van der Waals surface area contributed by atoms with E-state index in [1.165, 1.54) is 72.4 Å². The van der Waals surface area contributed by atoms with Gasteiger partial charge in [0.05, 0.1) is 18.8 Å². The molecule has 0 nitrogen and oxygen atoms in total. The second kappa shape index (κ2) is 7.00. The van der Waals surface area contributed by atoms with E-state index in [9.17, 15) is 0 Å². The van der Waals surface area contributed by atoms with Gasteiger partial charge in [0, 0.05) is 9.75 Å². The molecule has 0 atom stereocenters. The molecule has 0 amide bonds. The van der Waals surface area contributed by atoms with E-state index < -0.39 is 0 Å². The Morgan fingerprint density at radius 3 is 1.53 bits per heavy atom. The second-order valence-corrected chi connectivity index (χ2v) is 12.3. The first-order valence-electron chi connectivity index (χ1n) is 10.6. The fourth-order valence-electron chi connectivity index (χ4n) is 4.70. The fraction of sp³-hybridized carbons (Fsp3) is 0.0714. The summed E-state index contributed by atoms with van der Waals surface area (Å²) in [7, 11) is 0. The molecule has 0 spiro atoms. The summed E-state index contributed by atoms with van der Waals surface area (Å²) in [5.74, 6) is 0. The average Bonchev–Trinajstić information content (AvgIpc) is 3.57. The van der Waals surface area contributed by atoms with E-state index in [0.29, 0.717) is 0 Å². The van der Waals surface area contributed by atoms with Crippen LogP contribution in [0.15, 0.2) is 71.4 Å². The number of benzene rings is 3. The van der Waals surface area contributed by atoms with Gasteiger partial charge in [-0.25, -0.2) is 0 Å². The summed E-state index contributed by atoms with van der Waals surface area (Å²) in [5, 5.41) is 9.94. The minimum Gasteiger partial charge on any atom is -0.142 e. The number of fused-ring (bicyclic) bond motifs is 6. The van der Waals surface area contributed by atoms with Gasteiger partial charge >= 0.3 is 0 Å². The molecule has 0 N–H and O–H groups in total. The maximum atomic E-state index is 2.37. The lowest BCUT2D eigenvalue weighted by Gasteiger charge is -2.01. The van der Waals surface area contributed by atoms with Crippen molar-refractivity contribution < 1.29 is 0 Å². The molecular formula is C28H18S4. The summed E-state index contributed by atoms with van der Waals surface area (Å²) in [6, 6.07) is 23.0. The topological polar surface area (TPSA) is 0 Å². The highest BCUT2D eigenvalue weighted by Gasteiger charge is 2.13. The molecule has 32 heavy (non-hydrogen) atoms. The van der Waals surface area contributed by atoms with Crippen molar-refractivity contribution >= 4 is 85.7 Å². The highest BCUT2D eigenvalue weighted by atomic mass is 32.1. The lowest BCUT2D eigenvalue weighted by atomic mass is 10.1. The summed E-state index contributed by atoms with van der Waals surface area (Å²) in [4.78, 5) is 2.69. The van der Waals surface area contributed by atoms with Crippen LogP contribution >= 0.6 is 45.3 Å². The van der Waals surface area contributed by atoms with Crippen molar-refractivity contribution in [2.75, 3.05) is 0 Å². The third-order valence-corrected chi connectivity index (χ3v) is 10.8. The zero-order chi connectivity index (χ0) is 21.4. The molecule has 7 aromatic rings. The van der Waals surface area contributed by atoms with Crippen molar-refractivity contribution in [3.05, 3.63) is 82.6 Å². The van der Waals surface area contributed by atoms with Gasteiger partial charge in [0.2, 0.25) is 0 Å². The first-order chi connectivity index (χ1) is 15.7. The van der Waals surface area contributed by atoms with Gasteiger partial charge in [-0.15, -0.1) is 45.3 Å². The maximum Gasteiger partial charge on any atom is 0.0527 e. The molecule has 0 aliphatic rings. The van der Waals surface area contributed by atoms with Gasteiger partial charge in [-0.2, -0.15) is 0 Å². The van der Waals surface area contributed by atoms with E-state index in [-0.39, 0.29) is 0 Å². The zero-order valence-electron chi connectivity index (χ0n) is 17.6. The van der Waals surface area contributed by atoms with E-state index in [0.717, 1.165) is 0 Å². The van der Waals surface area contributed by atoms with Crippen LogP contribution < -0.4 is 0 Å². The summed E-state index contributed by atoms with van der Waals surface area (Å²) in [5.41, 5.74) is 5.35. The lowest BCUT2D eigenvalue weighted by molar-refractivity contribution is 1.58. The van der Waals surface area contributed by atoms with Gasteiger partial charge in [-0.1, -0.05) is 18.2 Å². The van der Waals surface area contributed by atoms with Crippen molar-refractivity contribution in [2.24, 2.45) is 0 Å². The van der Waals surface area contributed by atoms with Crippen LogP contribution in [0.25, 0.3) is 61.2 Å². The number of hydrogen-bond donors (Lipinski definition) is 0. The molecule has 0 fully saturated rings.